The average Bonchev–Trinajstić information content (AvgIpc) is 3.14. The van der Waals surface area contributed by atoms with Gasteiger partial charge < -0.3 is 44.2 Å². The molecule has 1 fully saturated rings. The Kier molecular flexibility index (Phi) is 6.06. The summed E-state index contributed by atoms with van der Waals surface area (Å²) in [5, 5.41) is 49.1. The lowest BCUT2D eigenvalue weighted by molar-refractivity contribution is -0.277. The summed E-state index contributed by atoms with van der Waals surface area (Å²) in [7, 11) is 1.37. The molecule has 0 saturated carbocycles. The molecule has 1 aromatic heterocycles. The zero-order chi connectivity index (χ0) is 20.4. The summed E-state index contributed by atoms with van der Waals surface area (Å²) >= 11 is 0. The third-order valence-corrected chi connectivity index (χ3v) is 4.62. The standard InChI is InChI=1S/C18H22O10/c1-25-17-15-9(4-5-26-15)6-8(2-3-11(20)21)16(17)28-18-14(24)13(23)12(22)10(7-19)27-18/h4-6,10,12-14,18-19,22-24H,2-3,7H2,1H3,(H,20,21)/t10-,12+,13+,14-,18+/m1/s1. The van der Waals surface area contributed by atoms with Crippen molar-refractivity contribution in [2.45, 2.75) is 43.5 Å². The number of hydrogen-bond acceptors (Lipinski definition) is 9. The Hall–Kier alpha value is -2.37. The van der Waals surface area contributed by atoms with Crippen LogP contribution >= 0.6 is 0 Å². The number of aliphatic hydroxyl groups excluding tert-OH is 4. The Morgan fingerprint density at radius 2 is 1.93 bits per heavy atom. The molecule has 5 atom stereocenters. The SMILES string of the molecule is COc1c(O[C@@H]2O[C@H](CO)[C@H](O)[C@H](O)[C@H]2O)c(CCC(=O)O)cc2ccoc12. The van der Waals surface area contributed by atoms with Gasteiger partial charge in [0.05, 0.1) is 20.0 Å². The zero-order valence-corrected chi connectivity index (χ0v) is 15.0. The first-order valence-corrected chi connectivity index (χ1v) is 8.63. The fourth-order valence-corrected chi connectivity index (χ4v) is 3.14. The van der Waals surface area contributed by atoms with Crippen molar-refractivity contribution in [1.29, 1.82) is 0 Å². The van der Waals surface area contributed by atoms with Crippen LogP contribution in [0.15, 0.2) is 22.8 Å². The largest absolute Gasteiger partial charge is 0.490 e. The van der Waals surface area contributed by atoms with E-state index in [2.05, 4.69) is 0 Å². The van der Waals surface area contributed by atoms with Crippen LogP contribution in [0.3, 0.4) is 0 Å². The van der Waals surface area contributed by atoms with E-state index in [0.29, 0.717) is 16.5 Å². The van der Waals surface area contributed by atoms with Crippen LogP contribution in [0.25, 0.3) is 11.0 Å². The van der Waals surface area contributed by atoms with Crippen LogP contribution in [0.2, 0.25) is 0 Å². The number of fused-ring (bicyclic) bond motifs is 1. The molecule has 0 unspecified atom stereocenters. The molecule has 0 amide bonds. The molecule has 0 spiro atoms. The third kappa shape index (κ3) is 3.77. The van der Waals surface area contributed by atoms with E-state index in [9.17, 15) is 25.2 Å². The van der Waals surface area contributed by atoms with Gasteiger partial charge in [0.25, 0.3) is 0 Å². The van der Waals surface area contributed by atoms with Gasteiger partial charge in [-0.15, -0.1) is 0 Å². The van der Waals surface area contributed by atoms with Gasteiger partial charge in [0.15, 0.2) is 11.3 Å². The zero-order valence-electron chi connectivity index (χ0n) is 15.0. The number of aliphatic hydroxyl groups is 4. The minimum atomic E-state index is -1.62. The number of carboxylic acids is 1. The highest BCUT2D eigenvalue weighted by Crippen LogP contribution is 2.41. The van der Waals surface area contributed by atoms with Crippen molar-refractivity contribution in [3.05, 3.63) is 24.0 Å². The molecule has 154 valence electrons. The highest BCUT2D eigenvalue weighted by Gasteiger charge is 2.45. The van der Waals surface area contributed by atoms with Gasteiger partial charge in [-0.3, -0.25) is 4.79 Å². The first-order valence-electron chi connectivity index (χ1n) is 8.63. The Labute approximate surface area is 159 Å². The minimum absolute atomic E-state index is 0.0792. The molecule has 0 radical (unpaired) electrons. The number of carboxylic acid groups (broad SMARTS) is 1. The summed E-state index contributed by atoms with van der Waals surface area (Å²) in [6.07, 6.45) is -6.01. The number of hydrogen-bond donors (Lipinski definition) is 5. The van der Waals surface area contributed by atoms with Gasteiger partial charge in [0, 0.05) is 11.8 Å². The molecule has 5 N–H and O–H groups in total. The number of ether oxygens (including phenoxy) is 3. The van der Waals surface area contributed by atoms with E-state index < -0.39 is 43.3 Å². The fraction of sp³-hybridized carbons (Fsp3) is 0.500. The van der Waals surface area contributed by atoms with Crippen molar-refractivity contribution in [2.24, 2.45) is 0 Å². The summed E-state index contributed by atoms with van der Waals surface area (Å²) < 4.78 is 21.9. The monoisotopic (exact) mass is 398 g/mol. The predicted octanol–water partition coefficient (Wildman–Crippen LogP) is -0.363. The number of furan rings is 1. The lowest BCUT2D eigenvalue weighted by Crippen LogP contribution is -2.60. The quantitative estimate of drug-likeness (QED) is 0.417. The fourth-order valence-electron chi connectivity index (χ4n) is 3.14. The van der Waals surface area contributed by atoms with Crippen LogP contribution in [0.5, 0.6) is 11.5 Å². The van der Waals surface area contributed by atoms with Crippen LogP contribution in [0.4, 0.5) is 0 Å². The first-order chi connectivity index (χ1) is 13.4. The highest BCUT2D eigenvalue weighted by molar-refractivity contribution is 5.87. The highest BCUT2D eigenvalue weighted by atomic mass is 16.7. The molecule has 1 aromatic carbocycles. The minimum Gasteiger partial charge on any atom is -0.490 e. The molecule has 0 bridgehead atoms. The van der Waals surface area contributed by atoms with Crippen molar-refractivity contribution >= 4 is 16.9 Å². The molecule has 10 nitrogen and oxygen atoms in total. The Morgan fingerprint density at radius 3 is 2.57 bits per heavy atom. The van der Waals surface area contributed by atoms with E-state index in [1.54, 1.807) is 12.1 Å². The second-order valence-electron chi connectivity index (χ2n) is 6.45. The van der Waals surface area contributed by atoms with Gasteiger partial charge in [-0.25, -0.2) is 0 Å². The summed E-state index contributed by atoms with van der Waals surface area (Å²) in [6, 6.07) is 3.35. The topological polar surface area (TPSA) is 159 Å². The van der Waals surface area contributed by atoms with Crippen molar-refractivity contribution in [3.8, 4) is 11.5 Å². The van der Waals surface area contributed by atoms with Gasteiger partial charge in [-0.05, 0) is 24.1 Å². The van der Waals surface area contributed by atoms with Crippen LogP contribution < -0.4 is 9.47 Å². The summed E-state index contributed by atoms with van der Waals surface area (Å²) in [5.41, 5.74) is 0.811. The molecule has 2 aromatic rings. The molecule has 10 heteroatoms. The second-order valence-corrected chi connectivity index (χ2v) is 6.45. The van der Waals surface area contributed by atoms with E-state index in [1.807, 2.05) is 0 Å². The number of carbonyl (C=O) groups is 1. The van der Waals surface area contributed by atoms with E-state index in [4.69, 9.17) is 23.7 Å². The van der Waals surface area contributed by atoms with Crippen molar-refractivity contribution in [2.75, 3.05) is 13.7 Å². The lowest BCUT2D eigenvalue weighted by atomic mass is 9.99. The lowest BCUT2D eigenvalue weighted by Gasteiger charge is -2.39. The average molecular weight is 398 g/mol. The maximum atomic E-state index is 11.0. The van der Waals surface area contributed by atoms with Gasteiger partial charge >= 0.3 is 5.97 Å². The predicted molar refractivity (Wildman–Crippen MR) is 93.1 cm³/mol. The molecule has 2 heterocycles. The van der Waals surface area contributed by atoms with Crippen LogP contribution in [-0.2, 0) is 16.0 Å². The molecule has 1 aliphatic rings. The van der Waals surface area contributed by atoms with Crippen LogP contribution in [0.1, 0.15) is 12.0 Å². The van der Waals surface area contributed by atoms with E-state index >= 15 is 0 Å². The molecular weight excluding hydrogens is 376 g/mol. The van der Waals surface area contributed by atoms with Crippen molar-refractivity contribution in [3.63, 3.8) is 0 Å². The maximum absolute atomic E-state index is 11.0. The normalized spacial score (nSPS) is 27.7. The Bertz CT molecular complexity index is 829. The van der Waals surface area contributed by atoms with Gasteiger partial charge in [0.2, 0.25) is 12.0 Å². The van der Waals surface area contributed by atoms with Crippen molar-refractivity contribution in [1.82, 2.24) is 0 Å². The van der Waals surface area contributed by atoms with Crippen LogP contribution in [0, 0.1) is 0 Å². The van der Waals surface area contributed by atoms with Gasteiger partial charge in [-0.1, -0.05) is 0 Å². The summed E-state index contributed by atoms with van der Waals surface area (Å²) in [6.45, 7) is -0.606. The number of aliphatic carboxylic acids is 1. The molecule has 3 rings (SSSR count). The van der Waals surface area contributed by atoms with E-state index in [1.165, 1.54) is 13.4 Å². The number of aryl methyl sites for hydroxylation is 1. The Morgan fingerprint density at radius 1 is 1.18 bits per heavy atom. The number of rotatable bonds is 7. The Balaban J connectivity index is 2.00. The molecular formula is C18H22O10. The van der Waals surface area contributed by atoms with Gasteiger partial charge in [0.1, 0.15) is 24.4 Å². The second kappa shape index (κ2) is 8.33. The number of methoxy groups -OCH3 is 1. The molecule has 28 heavy (non-hydrogen) atoms. The molecule has 1 aliphatic heterocycles. The van der Waals surface area contributed by atoms with E-state index in [0.717, 1.165) is 0 Å². The first kappa shape index (κ1) is 20.4. The van der Waals surface area contributed by atoms with Crippen LogP contribution in [-0.4, -0.2) is 75.9 Å². The van der Waals surface area contributed by atoms with E-state index in [-0.39, 0.29) is 24.3 Å². The maximum Gasteiger partial charge on any atom is 0.303 e. The smallest absolute Gasteiger partial charge is 0.303 e. The number of benzene rings is 1. The summed E-state index contributed by atoms with van der Waals surface area (Å²) in [5.74, 6) is -0.763. The molecule has 1 saturated heterocycles. The third-order valence-electron chi connectivity index (χ3n) is 4.62. The van der Waals surface area contributed by atoms with Crippen molar-refractivity contribution < 1.29 is 49.0 Å². The summed E-state index contributed by atoms with van der Waals surface area (Å²) in [4.78, 5) is 11.0. The molecule has 0 aliphatic carbocycles. The van der Waals surface area contributed by atoms with Gasteiger partial charge in [-0.2, -0.15) is 0 Å².